The van der Waals surface area contributed by atoms with Crippen molar-refractivity contribution in [3.63, 3.8) is 0 Å². The van der Waals surface area contributed by atoms with E-state index in [0.717, 1.165) is 25.0 Å². The van der Waals surface area contributed by atoms with Crippen molar-refractivity contribution >= 4 is 0 Å². The molecule has 0 N–H and O–H groups in total. The summed E-state index contributed by atoms with van der Waals surface area (Å²) in [7, 11) is 0. The van der Waals surface area contributed by atoms with Gasteiger partial charge in [-0.2, -0.15) is 0 Å². The number of ether oxygens (including phenoxy) is 1. The quantitative estimate of drug-likeness (QED) is 0.575. The summed E-state index contributed by atoms with van der Waals surface area (Å²) in [6, 6.07) is 20.3. The maximum Gasteiger partial charge on any atom is 0.0716 e. The van der Waals surface area contributed by atoms with Gasteiger partial charge in [0.2, 0.25) is 0 Å². The highest BCUT2D eigenvalue weighted by Gasteiger charge is 1.91. The Balaban J connectivity index is 1.59. The lowest BCUT2D eigenvalue weighted by Gasteiger charge is -2.02. The number of unbranched alkanes of at least 4 members (excludes halogenated alkanes) is 1. The summed E-state index contributed by atoms with van der Waals surface area (Å²) in [5.41, 5.74) is 2.30. The molecule has 0 aromatic heterocycles. The predicted octanol–water partition coefficient (Wildman–Crippen LogP) is 4.04. The van der Waals surface area contributed by atoms with Gasteiger partial charge >= 0.3 is 0 Å². The zero-order valence-electron chi connectivity index (χ0n) is 11.0. The maximum absolute atomic E-state index is 5.60. The van der Waals surface area contributed by atoms with Crippen molar-refractivity contribution in [3.8, 4) is 11.8 Å². The molecule has 2 aromatic rings. The number of benzene rings is 2. The molecule has 0 spiro atoms. The molecule has 2 aromatic carbocycles. The molecular formula is C18H18O. The fourth-order valence-electron chi connectivity index (χ4n) is 1.71. The molecule has 0 atom stereocenters. The molecular weight excluding hydrogens is 232 g/mol. The molecule has 96 valence electrons. The van der Waals surface area contributed by atoms with Crippen LogP contribution in [0.5, 0.6) is 0 Å². The Bertz CT molecular complexity index is 520. The van der Waals surface area contributed by atoms with Crippen LogP contribution in [0.3, 0.4) is 0 Å². The molecule has 0 unspecified atom stereocenters. The molecule has 0 aliphatic heterocycles. The minimum Gasteiger partial charge on any atom is -0.377 e. The van der Waals surface area contributed by atoms with Crippen LogP contribution in [0.25, 0.3) is 0 Å². The van der Waals surface area contributed by atoms with E-state index in [-0.39, 0.29) is 0 Å². The topological polar surface area (TPSA) is 9.23 Å². The molecule has 0 aliphatic rings. The van der Waals surface area contributed by atoms with Crippen LogP contribution in [0.15, 0.2) is 60.7 Å². The van der Waals surface area contributed by atoms with Crippen LogP contribution in [0, 0.1) is 11.8 Å². The van der Waals surface area contributed by atoms with E-state index >= 15 is 0 Å². The first-order chi connectivity index (χ1) is 9.45. The maximum atomic E-state index is 5.60. The van der Waals surface area contributed by atoms with Crippen LogP contribution in [-0.4, -0.2) is 6.61 Å². The summed E-state index contributed by atoms with van der Waals surface area (Å²) in [6.45, 7) is 1.45. The molecule has 19 heavy (non-hydrogen) atoms. The van der Waals surface area contributed by atoms with Crippen molar-refractivity contribution < 1.29 is 4.74 Å². The summed E-state index contributed by atoms with van der Waals surface area (Å²) in [5, 5.41) is 0. The van der Waals surface area contributed by atoms with Gasteiger partial charge < -0.3 is 4.74 Å². The molecule has 0 radical (unpaired) electrons. The monoisotopic (exact) mass is 250 g/mol. The van der Waals surface area contributed by atoms with Gasteiger partial charge in [-0.05, 0) is 24.1 Å². The SMILES string of the molecule is C(#Cc1ccccc1)CCCOCc1ccccc1. The van der Waals surface area contributed by atoms with E-state index in [1.54, 1.807) is 0 Å². The van der Waals surface area contributed by atoms with Crippen LogP contribution in [0.1, 0.15) is 24.0 Å². The first-order valence-corrected chi connectivity index (χ1v) is 6.61. The van der Waals surface area contributed by atoms with Crippen molar-refractivity contribution in [1.29, 1.82) is 0 Å². The lowest BCUT2D eigenvalue weighted by Crippen LogP contribution is -1.94. The summed E-state index contributed by atoms with van der Waals surface area (Å²) in [5.74, 6) is 6.32. The van der Waals surface area contributed by atoms with Crippen molar-refractivity contribution in [1.82, 2.24) is 0 Å². The van der Waals surface area contributed by atoms with Crippen molar-refractivity contribution in [2.45, 2.75) is 19.4 Å². The average molecular weight is 250 g/mol. The van der Waals surface area contributed by atoms with Gasteiger partial charge in [0.1, 0.15) is 0 Å². The molecule has 1 heteroatoms. The third-order valence-electron chi connectivity index (χ3n) is 2.71. The molecule has 0 saturated heterocycles. The predicted molar refractivity (Wildman–Crippen MR) is 78.7 cm³/mol. The van der Waals surface area contributed by atoms with Crippen molar-refractivity contribution in [3.05, 3.63) is 71.8 Å². The summed E-state index contributed by atoms with van der Waals surface area (Å²) >= 11 is 0. The molecule has 0 amide bonds. The van der Waals surface area contributed by atoms with E-state index in [9.17, 15) is 0 Å². The zero-order chi connectivity index (χ0) is 13.2. The first kappa shape index (κ1) is 13.4. The number of hydrogen-bond acceptors (Lipinski definition) is 1. The molecule has 0 aliphatic carbocycles. The van der Waals surface area contributed by atoms with Crippen molar-refractivity contribution in [2.75, 3.05) is 6.61 Å². The molecule has 0 heterocycles. The number of hydrogen-bond donors (Lipinski definition) is 0. The Morgan fingerprint density at radius 3 is 2.26 bits per heavy atom. The first-order valence-electron chi connectivity index (χ1n) is 6.61. The van der Waals surface area contributed by atoms with E-state index in [4.69, 9.17) is 4.74 Å². The van der Waals surface area contributed by atoms with Gasteiger partial charge in [-0.15, -0.1) is 0 Å². The van der Waals surface area contributed by atoms with E-state index in [2.05, 4.69) is 24.0 Å². The smallest absolute Gasteiger partial charge is 0.0716 e. The van der Waals surface area contributed by atoms with Gasteiger partial charge in [0, 0.05) is 18.6 Å². The second-order valence-corrected chi connectivity index (χ2v) is 4.31. The fraction of sp³-hybridized carbons (Fsp3) is 0.222. The molecule has 0 saturated carbocycles. The van der Waals surface area contributed by atoms with Gasteiger partial charge in [0.15, 0.2) is 0 Å². The minimum atomic E-state index is 0.687. The van der Waals surface area contributed by atoms with E-state index in [0.29, 0.717) is 6.61 Å². The normalized spacial score (nSPS) is 9.68. The Morgan fingerprint density at radius 2 is 1.53 bits per heavy atom. The van der Waals surface area contributed by atoms with Gasteiger partial charge in [-0.3, -0.25) is 0 Å². The van der Waals surface area contributed by atoms with Gasteiger partial charge in [0.25, 0.3) is 0 Å². The average Bonchev–Trinajstić information content (AvgIpc) is 2.48. The highest BCUT2D eigenvalue weighted by atomic mass is 16.5. The van der Waals surface area contributed by atoms with Crippen LogP contribution in [-0.2, 0) is 11.3 Å². The Labute approximate surface area is 115 Å². The summed E-state index contributed by atoms with van der Waals surface area (Å²) in [4.78, 5) is 0. The van der Waals surface area contributed by atoms with E-state index in [1.807, 2.05) is 48.5 Å². The third kappa shape index (κ3) is 5.42. The van der Waals surface area contributed by atoms with Gasteiger partial charge in [-0.1, -0.05) is 60.4 Å². The second-order valence-electron chi connectivity index (χ2n) is 4.31. The Morgan fingerprint density at radius 1 is 0.842 bits per heavy atom. The lowest BCUT2D eigenvalue weighted by molar-refractivity contribution is 0.119. The zero-order valence-corrected chi connectivity index (χ0v) is 11.0. The summed E-state index contributed by atoms with van der Waals surface area (Å²) < 4.78 is 5.60. The standard InChI is InChI=1S/C18H18O/c1-4-10-17(11-5-1)12-8-3-9-15-19-16-18-13-6-2-7-14-18/h1-2,4-7,10-11,13-14H,3,9,15-16H2. The van der Waals surface area contributed by atoms with Crippen LogP contribution in [0.2, 0.25) is 0 Å². The minimum absolute atomic E-state index is 0.687. The molecule has 1 nitrogen and oxygen atoms in total. The van der Waals surface area contributed by atoms with Crippen molar-refractivity contribution in [2.24, 2.45) is 0 Å². The highest BCUT2D eigenvalue weighted by molar-refractivity contribution is 5.33. The largest absolute Gasteiger partial charge is 0.377 e. The molecule has 0 fully saturated rings. The number of rotatable bonds is 5. The highest BCUT2D eigenvalue weighted by Crippen LogP contribution is 2.01. The molecule has 2 rings (SSSR count). The summed E-state index contributed by atoms with van der Waals surface area (Å²) in [6.07, 6.45) is 1.86. The van der Waals surface area contributed by atoms with Gasteiger partial charge in [0.05, 0.1) is 6.61 Å². The Kier molecular flexibility index (Phi) is 5.73. The lowest BCUT2D eigenvalue weighted by atomic mass is 10.2. The van der Waals surface area contributed by atoms with Crippen LogP contribution >= 0.6 is 0 Å². The Hall–Kier alpha value is -2.04. The third-order valence-corrected chi connectivity index (χ3v) is 2.71. The van der Waals surface area contributed by atoms with Gasteiger partial charge in [-0.25, -0.2) is 0 Å². The van der Waals surface area contributed by atoms with E-state index in [1.165, 1.54) is 5.56 Å². The van der Waals surface area contributed by atoms with Crippen LogP contribution < -0.4 is 0 Å². The fourth-order valence-corrected chi connectivity index (χ4v) is 1.71. The second kappa shape index (κ2) is 8.13. The van der Waals surface area contributed by atoms with E-state index < -0.39 is 0 Å². The molecule has 0 bridgehead atoms. The van der Waals surface area contributed by atoms with Crippen LogP contribution in [0.4, 0.5) is 0 Å².